The topological polar surface area (TPSA) is 75.7 Å². The lowest BCUT2D eigenvalue weighted by atomic mass is 9.97. The van der Waals surface area contributed by atoms with Gasteiger partial charge in [-0.15, -0.1) is 0 Å². The molecule has 1 saturated heterocycles. The van der Waals surface area contributed by atoms with Crippen molar-refractivity contribution in [3.05, 3.63) is 59.1 Å². The van der Waals surface area contributed by atoms with Gasteiger partial charge in [-0.25, -0.2) is 8.42 Å². The predicted octanol–water partition coefficient (Wildman–Crippen LogP) is 4.02. The number of halogens is 1. The number of carbonyl (C=O) groups is 1. The van der Waals surface area contributed by atoms with E-state index in [1.54, 1.807) is 12.1 Å². The van der Waals surface area contributed by atoms with E-state index in [9.17, 15) is 13.2 Å². The minimum Gasteiger partial charge on any atom is -0.494 e. The third-order valence-electron chi connectivity index (χ3n) is 5.44. The van der Waals surface area contributed by atoms with Crippen LogP contribution < -0.4 is 10.1 Å². The van der Waals surface area contributed by atoms with E-state index in [4.69, 9.17) is 16.3 Å². The van der Waals surface area contributed by atoms with Crippen molar-refractivity contribution in [3.63, 3.8) is 0 Å². The number of amides is 1. The van der Waals surface area contributed by atoms with Crippen molar-refractivity contribution in [3.8, 4) is 5.75 Å². The molecule has 0 unspecified atom stereocenters. The first kappa shape index (κ1) is 23.6. The van der Waals surface area contributed by atoms with Gasteiger partial charge in [0.25, 0.3) is 0 Å². The van der Waals surface area contributed by atoms with Gasteiger partial charge >= 0.3 is 0 Å². The number of aryl methyl sites for hydroxylation is 1. The fourth-order valence-corrected chi connectivity index (χ4v) is 5.12. The highest BCUT2D eigenvalue weighted by Crippen LogP contribution is 2.25. The highest BCUT2D eigenvalue weighted by molar-refractivity contribution is 7.89. The van der Waals surface area contributed by atoms with Gasteiger partial charge in [0.2, 0.25) is 15.9 Å². The minimum absolute atomic E-state index is 0.00277. The second kappa shape index (κ2) is 11.0. The molecule has 1 fully saturated rings. The summed E-state index contributed by atoms with van der Waals surface area (Å²) in [5.41, 5.74) is 1.20. The third kappa shape index (κ3) is 6.69. The van der Waals surface area contributed by atoms with E-state index in [2.05, 4.69) is 5.32 Å². The van der Waals surface area contributed by atoms with E-state index in [1.165, 1.54) is 22.0 Å². The smallest absolute Gasteiger partial charge is 0.243 e. The first-order chi connectivity index (χ1) is 14.9. The van der Waals surface area contributed by atoms with Gasteiger partial charge < -0.3 is 10.1 Å². The number of hydrogen-bond acceptors (Lipinski definition) is 4. The average Bonchev–Trinajstić information content (AvgIpc) is 2.77. The molecule has 2 aromatic carbocycles. The maximum atomic E-state index is 12.7. The summed E-state index contributed by atoms with van der Waals surface area (Å²) in [6.07, 6.45) is 2.73. The minimum atomic E-state index is -3.55. The number of benzene rings is 2. The Balaban J connectivity index is 1.34. The number of unbranched alkanes of at least 4 members (excludes halogenated alkanes) is 1. The van der Waals surface area contributed by atoms with Gasteiger partial charge in [-0.3, -0.25) is 4.79 Å². The molecule has 0 radical (unpaired) electrons. The van der Waals surface area contributed by atoms with E-state index < -0.39 is 10.0 Å². The highest BCUT2D eigenvalue weighted by Gasteiger charge is 2.31. The van der Waals surface area contributed by atoms with Crippen LogP contribution in [0.1, 0.15) is 31.2 Å². The van der Waals surface area contributed by atoms with Gasteiger partial charge in [0, 0.05) is 30.6 Å². The van der Waals surface area contributed by atoms with E-state index in [0.29, 0.717) is 44.1 Å². The second-order valence-corrected chi connectivity index (χ2v) is 10.2. The Labute approximate surface area is 189 Å². The van der Waals surface area contributed by atoms with Crippen molar-refractivity contribution in [2.24, 2.45) is 5.92 Å². The summed E-state index contributed by atoms with van der Waals surface area (Å²) in [5.74, 6) is 0.707. The molecule has 31 heavy (non-hydrogen) atoms. The van der Waals surface area contributed by atoms with Gasteiger partial charge in [-0.1, -0.05) is 29.3 Å². The molecule has 1 amide bonds. The van der Waals surface area contributed by atoms with Crippen LogP contribution in [0, 0.1) is 12.8 Å². The summed E-state index contributed by atoms with van der Waals surface area (Å²) in [5, 5.41) is 3.47. The Morgan fingerprint density at radius 2 is 1.71 bits per heavy atom. The number of piperidine rings is 1. The highest BCUT2D eigenvalue weighted by atomic mass is 35.5. The lowest BCUT2D eigenvalue weighted by Gasteiger charge is -2.30. The van der Waals surface area contributed by atoms with Crippen molar-refractivity contribution in [2.45, 2.75) is 37.5 Å². The Hall–Kier alpha value is -2.09. The lowest BCUT2D eigenvalue weighted by Crippen LogP contribution is -2.43. The number of ether oxygens (including phenoxy) is 1. The van der Waals surface area contributed by atoms with Crippen molar-refractivity contribution < 1.29 is 17.9 Å². The first-order valence-corrected chi connectivity index (χ1v) is 12.4. The van der Waals surface area contributed by atoms with Gasteiger partial charge in [0.1, 0.15) is 5.75 Å². The van der Waals surface area contributed by atoms with E-state index in [0.717, 1.165) is 18.6 Å². The maximum Gasteiger partial charge on any atom is 0.243 e. The van der Waals surface area contributed by atoms with Gasteiger partial charge in [-0.2, -0.15) is 4.31 Å². The number of sulfonamides is 1. The molecule has 0 saturated carbocycles. The monoisotopic (exact) mass is 464 g/mol. The first-order valence-electron chi connectivity index (χ1n) is 10.6. The number of nitrogens with one attached hydrogen (secondary N) is 1. The molecule has 0 spiro atoms. The summed E-state index contributed by atoms with van der Waals surface area (Å²) in [7, 11) is -3.55. The molecule has 1 N–H and O–H groups in total. The molecule has 3 rings (SSSR count). The molecule has 6 nitrogen and oxygen atoms in total. The van der Waals surface area contributed by atoms with Crippen molar-refractivity contribution >= 4 is 27.5 Å². The lowest BCUT2D eigenvalue weighted by molar-refractivity contribution is -0.126. The van der Waals surface area contributed by atoms with Gasteiger partial charge in [-0.05, 0) is 69.0 Å². The van der Waals surface area contributed by atoms with Crippen LogP contribution in [-0.4, -0.2) is 44.9 Å². The Morgan fingerprint density at radius 1 is 1.06 bits per heavy atom. The molecule has 1 aliphatic rings. The van der Waals surface area contributed by atoms with Crippen molar-refractivity contribution in [1.29, 1.82) is 0 Å². The zero-order chi connectivity index (χ0) is 22.3. The summed E-state index contributed by atoms with van der Waals surface area (Å²) in [6, 6.07) is 14.1. The SMILES string of the molecule is Cc1ccc(OCCCCNC(=O)C2CCN(S(=O)(=O)c3ccc(Cl)cc3)CC2)cc1. The summed E-state index contributed by atoms with van der Waals surface area (Å²) in [6.45, 7) is 3.93. The van der Waals surface area contributed by atoms with E-state index >= 15 is 0 Å². The van der Waals surface area contributed by atoms with Crippen molar-refractivity contribution in [2.75, 3.05) is 26.2 Å². The predicted molar refractivity (Wildman–Crippen MR) is 122 cm³/mol. The molecule has 8 heteroatoms. The summed E-state index contributed by atoms with van der Waals surface area (Å²) < 4.78 is 32.6. The van der Waals surface area contributed by atoms with Crippen LogP contribution in [0.15, 0.2) is 53.4 Å². The van der Waals surface area contributed by atoms with Crippen LogP contribution in [0.2, 0.25) is 5.02 Å². The number of nitrogens with zero attached hydrogens (tertiary/aromatic N) is 1. The standard InChI is InChI=1S/C23H29ClN2O4S/c1-18-4-8-21(9-5-18)30-17-3-2-14-25-23(27)19-12-15-26(16-13-19)31(28,29)22-10-6-20(24)7-11-22/h4-11,19H,2-3,12-17H2,1H3,(H,25,27). The summed E-state index contributed by atoms with van der Waals surface area (Å²) in [4.78, 5) is 12.7. The summed E-state index contributed by atoms with van der Waals surface area (Å²) >= 11 is 5.84. The van der Waals surface area contributed by atoms with Gasteiger partial charge in [0.15, 0.2) is 0 Å². The number of carbonyl (C=O) groups excluding carboxylic acids is 1. The van der Waals surface area contributed by atoms with E-state index in [1.807, 2.05) is 31.2 Å². The maximum absolute atomic E-state index is 12.7. The van der Waals surface area contributed by atoms with E-state index in [-0.39, 0.29) is 16.7 Å². The van der Waals surface area contributed by atoms with Crippen LogP contribution in [-0.2, 0) is 14.8 Å². The van der Waals surface area contributed by atoms with Crippen LogP contribution in [0.3, 0.4) is 0 Å². The molecule has 0 atom stereocenters. The molecule has 2 aromatic rings. The fourth-order valence-electron chi connectivity index (χ4n) is 3.52. The number of hydrogen-bond donors (Lipinski definition) is 1. The third-order valence-corrected chi connectivity index (χ3v) is 7.60. The Morgan fingerprint density at radius 3 is 2.35 bits per heavy atom. The zero-order valence-corrected chi connectivity index (χ0v) is 19.3. The largest absolute Gasteiger partial charge is 0.494 e. The van der Waals surface area contributed by atoms with Crippen LogP contribution in [0.5, 0.6) is 5.75 Å². The molecular formula is C23H29ClN2O4S. The quantitative estimate of drug-likeness (QED) is 0.568. The molecule has 0 aromatic heterocycles. The Kier molecular flexibility index (Phi) is 8.35. The Bertz CT molecular complexity index is 954. The van der Waals surface area contributed by atoms with Crippen LogP contribution in [0.25, 0.3) is 0 Å². The van der Waals surface area contributed by atoms with Gasteiger partial charge in [0.05, 0.1) is 11.5 Å². The molecule has 168 valence electrons. The van der Waals surface area contributed by atoms with Crippen LogP contribution >= 0.6 is 11.6 Å². The second-order valence-electron chi connectivity index (χ2n) is 7.79. The molecular weight excluding hydrogens is 436 g/mol. The van der Waals surface area contributed by atoms with Crippen molar-refractivity contribution in [1.82, 2.24) is 9.62 Å². The number of rotatable bonds is 9. The fraction of sp³-hybridized carbons (Fsp3) is 0.435. The zero-order valence-electron chi connectivity index (χ0n) is 17.7. The van der Waals surface area contributed by atoms with Crippen LogP contribution in [0.4, 0.5) is 0 Å². The molecule has 1 heterocycles. The average molecular weight is 465 g/mol. The normalized spacial score (nSPS) is 15.5. The molecule has 0 bridgehead atoms. The molecule has 0 aliphatic carbocycles. The molecule has 1 aliphatic heterocycles.